The minimum Gasteiger partial charge on any atom is -0.461 e. The van der Waals surface area contributed by atoms with E-state index < -0.39 is 0 Å². The molecule has 1 rings (SSSR count). The zero-order chi connectivity index (χ0) is 13.2. The maximum absolute atomic E-state index is 11.4. The molecule has 0 saturated carbocycles. The molecule has 1 N–H and O–H groups in total. The van der Waals surface area contributed by atoms with Crippen LogP contribution in [0, 0.1) is 0 Å². The number of nitrogens with one attached hydrogen (secondary N) is 1. The van der Waals surface area contributed by atoms with Crippen molar-refractivity contribution in [2.45, 2.75) is 26.7 Å². The maximum atomic E-state index is 11.4. The molecule has 6 heteroatoms. The van der Waals surface area contributed by atoms with E-state index in [2.05, 4.69) is 17.2 Å². The Morgan fingerprint density at radius 1 is 1.44 bits per heavy atom. The maximum Gasteiger partial charge on any atom is 0.357 e. The van der Waals surface area contributed by atoms with Crippen LogP contribution >= 0.6 is 11.3 Å². The predicted octanol–water partition coefficient (Wildman–Crippen LogP) is 2.55. The lowest BCUT2D eigenvalue weighted by Crippen LogP contribution is -2.07. The van der Waals surface area contributed by atoms with Crippen molar-refractivity contribution in [1.29, 1.82) is 0 Å². The van der Waals surface area contributed by atoms with E-state index in [9.17, 15) is 4.79 Å². The summed E-state index contributed by atoms with van der Waals surface area (Å²) in [5.74, 6) is -0.368. The number of hydrogen-bond donors (Lipinski definition) is 1. The molecule has 0 radical (unpaired) electrons. The second-order valence-electron chi connectivity index (χ2n) is 3.65. The second kappa shape index (κ2) is 8.88. The fourth-order valence-electron chi connectivity index (χ4n) is 1.27. The van der Waals surface area contributed by atoms with Crippen LogP contribution in [-0.4, -0.2) is 37.3 Å². The van der Waals surface area contributed by atoms with Crippen molar-refractivity contribution in [2.24, 2.45) is 0 Å². The molecule has 18 heavy (non-hydrogen) atoms. The monoisotopic (exact) mass is 272 g/mol. The van der Waals surface area contributed by atoms with Gasteiger partial charge in [0, 0.05) is 25.1 Å². The summed E-state index contributed by atoms with van der Waals surface area (Å²) in [6, 6.07) is 0. The van der Waals surface area contributed by atoms with Crippen molar-refractivity contribution in [1.82, 2.24) is 4.98 Å². The molecule has 0 unspecified atom stereocenters. The van der Waals surface area contributed by atoms with E-state index in [1.54, 1.807) is 12.3 Å². The van der Waals surface area contributed by atoms with Crippen LogP contribution in [0.25, 0.3) is 0 Å². The van der Waals surface area contributed by atoms with E-state index in [-0.39, 0.29) is 5.97 Å². The largest absolute Gasteiger partial charge is 0.461 e. The zero-order valence-electron chi connectivity index (χ0n) is 10.9. The van der Waals surface area contributed by atoms with Crippen LogP contribution in [0.3, 0.4) is 0 Å². The first-order valence-electron chi connectivity index (χ1n) is 6.22. The van der Waals surface area contributed by atoms with Crippen LogP contribution in [0.2, 0.25) is 0 Å². The molecule has 0 bridgehead atoms. The summed E-state index contributed by atoms with van der Waals surface area (Å²) >= 11 is 1.41. The Labute approximate surface area is 112 Å². The van der Waals surface area contributed by atoms with Crippen molar-refractivity contribution < 1.29 is 14.3 Å². The Kier molecular flexibility index (Phi) is 7.36. The molecule has 0 aliphatic carbocycles. The van der Waals surface area contributed by atoms with Crippen LogP contribution < -0.4 is 5.32 Å². The number of thiazole rings is 1. The standard InChI is InChI=1S/C12H20N2O3S/c1-3-7-16-8-5-6-13-12-14-10(9-18-12)11(15)17-4-2/h9H,3-8H2,1-2H3,(H,13,14). The van der Waals surface area contributed by atoms with E-state index in [4.69, 9.17) is 9.47 Å². The lowest BCUT2D eigenvalue weighted by atomic mass is 10.4. The van der Waals surface area contributed by atoms with Crippen molar-refractivity contribution in [3.05, 3.63) is 11.1 Å². The summed E-state index contributed by atoms with van der Waals surface area (Å²) in [6.45, 7) is 6.58. The van der Waals surface area contributed by atoms with Gasteiger partial charge >= 0.3 is 5.97 Å². The lowest BCUT2D eigenvalue weighted by Gasteiger charge is -2.03. The van der Waals surface area contributed by atoms with Gasteiger partial charge in [-0.1, -0.05) is 6.92 Å². The van der Waals surface area contributed by atoms with Gasteiger partial charge in [0.25, 0.3) is 0 Å². The molecule has 1 aromatic heterocycles. The molecule has 0 amide bonds. The summed E-state index contributed by atoms with van der Waals surface area (Å²) < 4.78 is 10.2. The van der Waals surface area contributed by atoms with Gasteiger partial charge in [-0.05, 0) is 19.8 Å². The first-order valence-corrected chi connectivity index (χ1v) is 7.10. The van der Waals surface area contributed by atoms with Crippen molar-refractivity contribution in [2.75, 3.05) is 31.7 Å². The third kappa shape index (κ3) is 5.46. The highest BCUT2D eigenvalue weighted by atomic mass is 32.1. The molecule has 0 saturated heterocycles. The summed E-state index contributed by atoms with van der Waals surface area (Å²) in [6.07, 6.45) is 1.97. The zero-order valence-corrected chi connectivity index (χ0v) is 11.7. The molecule has 102 valence electrons. The third-order valence-corrected chi connectivity index (χ3v) is 2.88. The molecule has 0 aromatic carbocycles. The van der Waals surface area contributed by atoms with E-state index >= 15 is 0 Å². The molecule has 0 atom stereocenters. The van der Waals surface area contributed by atoms with Crippen LogP contribution in [-0.2, 0) is 9.47 Å². The molecule has 0 aliphatic heterocycles. The number of anilines is 1. The third-order valence-electron chi connectivity index (χ3n) is 2.08. The van der Waals surface area contributed by atoms with Gasteiger partial charge in [0.2, 0.25) is 0 Å². The highest BCUT2D eigenvalue weighted by Gasteiger charge is 2.10. The van der Waals surface area contributed by atoms with Crippen LogP contribution in [0.15, 0.2) is 5.38 Å². The highest BCUT2D eigenvalue weighted by Crippen LogP contribution is 2.15. The normalized spacial score (nSPS) is 10.3. The van der Waals surface area contributed by atoms with Crippen LogP contribution in [0.1, 0.15) is 37.2 Å². The van der Waals surface area contributed by atoms with Gasteiger partial charge in [-0.2, -0.15) is 0 Å². The second-order valence-corrected chi connectivity index (χ2v) is 4.51. The van der Waals surface area contributed by atoms with Gasteiger partial charge in [0.1, 0.15) is 0 Å². The summed E-state index contributed by atoms with van der Waals surface area (Å²) in [4.78, 5) is 15.5. The van der Waals surface area contributed by atoms with Crippen LogP contribution in [0.4, 0.5) is 5.13 Å². The number of carbonyl (C=O) groups is 1. The fourth-order valence-corrected chi connectivity index (χ4v) is 1.98. The van der Waals surface area contributed by atoms with Gasteiger partial charge in [-0.25, -0.2) is 9.78 Å². The number of rotatable bonds is 9. The topological polar surface area (TPSA) is 60.5 Å². The number of hydrogen-bond acceptors (Lipinski definition) is 6. The molecule has 1 heterocycles. The summed E-state index contributed by atoms with van der Waals surface area (Å²) in [5, 5.41) is 5.60. The summed E-state index contributed by atoms with van der Waals surface area (Å²) in [5.41, 5.74) is 0.367. The number of aromatic nitrogens is 1. The van der Waals surface area contributed by atoms with E-state index in [0.29, 0.717) is 12.3 Å². The Balaban J connectivity index is 2.21. The molecular formula is C12H20N2O3S. The number of ether oxygens (including phenoxy) is 2. The first kappa shape index (κ1) is 14.9. The fraction of sp³-hybridized carbons (Fsp3) is 0.667. The van der Waals surface area contributed by atoms with Gasteiger partial charge < -0.3 is 14.8 Å². The number of nitrogens with zero attached hydrogens (tertiary/aromatic N) is 1. The van der Waals surface area contributed by atoms with Gasteiger partial charge in [-0.3, -0.25) is 0 Å². The Hall–Kier alpha value is -1.14. The van der Waals surface area contributed by atoms with Crippen molar-refractivity contribution >= 4 is 22.4 Å². The highest BCUT2D eigenvalue weighted by molar-refractivity contribution is 7.13. The smallest absolute Gasteiger partial charge is 0.357 e. The molecular weight excluding hydrogens is 252 g/mol. The minimum absolute atomic E-state index is 0.367. The Morgan fingerprint density at radius 3 is 3.00 bits per heavy atom. The molecule has 0 fully saturated rings. The van der Waals surface area contributed by atoms with E-state index in [1.165, 1.54) is 11.3 Å². The molecule has 5 nitrogen and oxygen atoms in total. The average molecular weight is 272 g/mol. The molecule has 0 aliphatic rings. The lowest BCUT2D eigenvalue weighted by molar-refractivity contribution is 0.0520. The summed E-state index contributed by atoms with van der Waals surface area (Å²) in [7, 11) is 0. The SMILES string of the molecule is CCCOCCCNc1nc(C(=O)OCC)cs1. The van der Waals surface area contributed by atoms with E-state index in [1.807, 2.05) is 0 Å². The quantitative estimate of drug-likeness (QED) is 0.553. The van der Waals surface area contributed by atoms with Gasteiger partial charge in [0.05, 0.1) is 6.61 Å². The van der Waals surface area contributed by atoms with Gasteiger partial charge in [-0.15, -0.1) is 11.3 Å². The molecule has 0 spiro atoms. The van der Waals surface area contributed by atoms with E-state index in [0.717, 1.165) is 37.7 Å². The minimum atomic E-state index is -0.368. The predicted molar refractivity (Wildman–Crippen MR) is 72.3 cm³/mol. The van der Waals surface area contributed by atoms with Crippen LogP contribution in [0.5, 0.6) is 0 Å². The Morgan fingerprint density at radius 2 is 2.28 bits per heavy atom. The molecule has 1 aromatic rings. The van der Waals surface area contributed by atoms with Gasteiger partial charge in [0.15, 0.2) is 10.8 Å². The number of carbonyl (C=O) groups excluding carboxylic acids is 1. The first-order chi connectivity index (χ1) is 8.77. The average Bonchev–Trinajstić information content (AvgIpc) is 2.83. The van der Waals surface area contributed by atoms with Crippen molar-refractivity contribution in [3.8, 4) is 0 Å². The Bertz CT molecular complexity index is 355. The van der Waals surface area contributed by atoms with Crippen molar-refractivity contribution in [3.63, 3.8) is 0 Å². The number of esters is 1.